The number of nitrogens with one attached hydrogen (secondary N) is 1. The number of carboxylic acid groups (broad SMARTS) is 1. The standard InChI is InChI=1S/C35H35F4N5O7/c1-41-9-8-30(45)44(34(41)49)28-7-3-5-24-21(4-2-6-25(24)28)17-27(33(47)48)40-32(46)31-22(19-42-10-13-50-14-11-42)16-23(18-26(31)36)43-12-15-51-20-29(43)35(37,38)39/h2-9,16,18,27,29H,10-15,17,19-20H2,1H3,(H,40,46)(H,47,48)/t27-,29+/m0/s1. The van der Waals surface area contributed by atoms with Crippen molar-refractivity contribution in [2.24, 2.45) is 7.05 Å². The highest BCUT2D eigenvalue weighted by Gasteiger charge is 2.46. The maximum atomic E-state index is 16.0. The number of benzene rings is 3. The number of ether oxygens (including phenoxy) is 2. The summed E-state index contributed by atoms with van der Waals surface area (Å²) in [6.07, 6.45) is -3.58. The Kier molecular flexibility index (Phi) is 10.3. The van der Waals surface area contributed by atoms with Crippen molar-refractivity contribution in [1.82, 2.24) is 19.4 Å². The third-order valence-corrected chi connectivity index (χ3v) is 9.13. The number of hydrogen-bond donors (Lipinski definition) is 2. The second kappa shape index (κ2) is 14.7. The Labute approximate surface area is 288 Å². The van der Waals surface area contributed by atoms with E-state index in [2.05, 4.69) is 5.32 Å². The SMILES string of the molecule is Cn1ccc(=O)n(-c2cccc3c(C[C@H](NC(=O)c4c(F)cc(N5CCOC[C@@H]5C(F)(F)F)cc4CN4CCOCC4)C(=O)O)cccc23)c1=O. The van der Waals surface area contributed by atoms with Crippen LogP contribution < -0.4 is 21.5 Å². The molecule has 0 spiro atoms. The average molecular weight is 714 g/mol. The summed E-state index contributed by atoms with van der Waals surface area (Å²) in [6, 6.07) is 9.68. The van der Waals surface area contributed by atoms with E-state index >= 15 is 4.39 Å². The van der Waals surface area contributed by atoms with Crippen LogP contribution in [0, 0.1) is 5.82 Å². The fraction of sp³-hybridized carbons (Fsp3) is 0.371. The molecule has 270 valence electrons. The van der Waals surface area contributed by atoms with Gasteiger partial charge in [-0.25, -0.2) is 18.5 Å². The molecule has 3 heterocycles. The normalized spacial score (nSPS) is 17.7. The quantitative estimate of drug-likeness (QED) is 0.251. The molecular formula is C35H35F4N5O7. The average Bonchev–Trinajstić information content (AvgIpc) is 3.10. The van der Waals surface area contributed by atoms with E-state index in [1.54, 1.807) is 36.4 Å². The molecule has 0 saturated carbocycles. The van der Waals surface area contributed by atoms with Crippen LogP contribution in [0.15, 0.2) is 70.4 Å². The second-order valence-corrected chi connectivity index (χ2v) is 12.4. The van der Waals surface area contributed by atoms with Crippen molar-refractivity contribution in [2.45, 2.75) is 31.2 Å². The van der Waals surface area contributed by atoms with Gasteiger partial charge >= 0.3 is 17.8 Å². The van der Waals surface area contributed by atoms with Crippen molar-refractivity contribution in [3.05, 3.63) is 104 Å². The fourth-order valence-corrected chi connectivity index (χ4v) is 6.55. The molecule has 2 aliphatic rings. The molecule has 2 N–H and O–H groups in total. The molecule has 0 aliphatic carbocycles. The van der Waals surface area contributed by atoms with E-state index in [1.807, 2.05) is 4.90 Å². The van der Waals surface area contributed by atoms with Crippen molar-refractivity contribution < 1.29 is 41.7 Å². The van der Waals surface area contributed by atoms with Gasteiger partial charge in [0.05, 0.1) is 37.7 Å². The van der Waals surface area contributed by atoms with Crippen LogP contribution in [0.4, 0.5) is 23.2 Å². The van der Waals surface area contributed by atoms with Crippen molar-refractivity contribution in [3.8, 4) is 5.69 Å². The summed E-state index contributed by atoms with van der Waals surface area (Å²) in [5, 5.41) is 13.6. The Morgan fingerprint density at radius 1 is 0.961 bits per heavy atom. The molecule has 12 nitrogen and oxygen atoms in total. The van der Waals surface area contributed by atoms with Crippen LogP contribution in [-0.4, -0.2) is 95.3 Å². The van der Waals surface area contributed by atoms with Gasteiger partial charge in [-0.05, 0) is 34.7 Å². The number of anilines is 1. The summed E-state index contributed by atoms with van der Waals surface area (Å²) in [7, 11) is 1.50. The maximum absolute atomic E-state index is 16.0. The van der Waals surface area contributed by atoms with E-state index < -0.39 is 59.4 Å². The summed E-state index contributed by atoms with van der Waals surface area (Å²) in [5.74, 6) is -3.57. The molecule has 3 aromatic carbocycles. The van der Waals surface area contributed by atoms with Gasteiger partial charge in [0, 0.05) is 63.0 Å². The predicted molar refractivity (Wildman–Crippen MR) is 178 cm³/mol. The number of carboxylic acids is 1. The first kappa shape index (κ1) is 35.8. The van der Waals surface area contributed by atoms with E-state index in [4.69, 9.17) is 9.47 Å². The van der Waals surface area contributed by atoms with Gasteiger partial charge in [-0.15, -0.1) is 0 Å². The largest absolute Gasteiger partial charge is 0.480 e. The Balaban J connectivity index is 1.34. The first-order valence-corrected chi connectivity index (χ1v) is 16.2. The molecule has 1 amide bonds. The molecular weight excluding hydrogens is 678 g/mol. The third-order valence-electron chi connectivity index (χ3n) is 9.13. The number of amides is 1. The van der Waals surface area contributed by atoms with Crippen LogP contribution in [-0.2, 0) is 34.3 Å². The van der Waals surface area contributed by atoms with Crippen LogP contribution in [0.25, 0.3) is 16.5 Å². The molecule has 16 heteroatoms. The van der Waals surface area contributed by atoms with Crippen LogP contribution in [0.1, 0.15) is 21.5 Å². The fourth-order valence-electron chi connectivity index (χ4n) is 6.55. The Hall–Kier alpha value is -5.06. The number of morpholine rings is 2. The first-order valence-electron chi connectivity index (χ1n) is 16.2. The van der Waals surface area contributed by atoms with Crippen LogP contribution >= 0.6 is 0 Å². The lowest BCUT2D eigenvalue weighted by Gasteiger charge is -2.38. The molecule has 2 aliphatic heterocycles. The molecule has 1 aromatic heterocycles. The van der Waals surface area contributed by atoms with Gasteiger partial charge in [-0.3, -0.25) is 14.5 Å². The lowest BCUT2D eigenvalue weighted by Crippen LogP contribution is -2.53. The first-order chi connectivity index (χ1) is 24.3. The highest BCUT2D eigenvalue weighted by molar-refractivity contribution is 5.99. The number of aromatic nitrogens is 2. The van der Waals surface area contributed by atoms with Crippen LogP contribution in [0.3, 0.4) is 0 Å². The van der Waals surface area contributed by atoms with Gasteiger partial charge in [0.2, 0.25) is 0 Å². The number of alkyl halides is 3. The zero-order chi connectivity index (χ0) is 36.4. The van der Waals surface area contributed by atoms with Crippen molar-refractivity contribution >= 4 is 28.3 Å². The van der Waals surface area contributed by atoms with Gasteiger partial charge in [-0.1, -0.05) is 30.3 Å². The van der Waals surface area contributed by atoms with E-state index in [9.17, 15) is 37.5 Å². The zero-order valence-electron chi connectivity index (χ0n) is 27.5. The number of fused-ring (bicyclic) bond motifs is 1. The van der Waals surface area contributed by atoms with Gasteiger partial charge in [-0.2, -0.15) is 13.2 Å². The molecule has 6 rings (SSSR count). The number of halogens is 4. The molecule has 51 heavy (non-hydrogen) atoms. The summed E-state index contributed by atoms with van der Waals surface area (Å²) in [6.45, 7) is 0.781. The third kappa shape index (κ3) is 7.52. The lowest BCUT2D eigenvalue weighted by molar-refractivity contribution is -0.167. The van der Waals surface area contributed by atoms with Crippen LogP contribution in [0.2, 0.25) is 0 Å². The van der Waals surface area contributed by atoms with Gasteiger partial charge in [0.15, 0.2) is 0 Å². The van der Waals surface area contributed by atoms with Crippen LogP contribution in [0.5, 0.6) is 0 Å². The van der Waals surface area contributed by atoms with E-state index in [1.165, 1.54) is 29.9 Å². The minimum absolute atomic E-state index is 0.0000528. The van der Waals surface area contributed by atoms with Gasteiger partial charge in [0.25, 0.3) is 11.5 Å². The summed E-state index contributed by atoms with van der Waals surface area (Å²) in [5.41, 5.74) is -0.878. The number of nitrogens with zero attached hydrogens (tertiary/aromatic N) is 4. The minimum atomic E-state index is -4.67. The van der Waals surface area contributed by atoms with E-state index in [0.717, 1.165) is 15.5 Å². The summed E-state index contributed by atoms with van der Waals surface area (Å²) in [4.78, 5) is 54.9. The predicted octanol–water partition coefficient (Wildman–Crippen LogP) is 2.85. The molecule has 0 bridgehead atoms. The maximum Gasteiger partial charge on any atom is 0.411 e. The van der Waals surface area contributed by atoms with Crippen molar-refractivity contribution in [1.29, 1.82) is 0 Å². The number of aryl methyl sites for hydroxylation is 1. The highest BCUT2D eigenvalue weighted by Crippen LogP contribution is 2.34. The number of carbonyl (C=O) groups is 2. The Morgan fingerprint density at radius 2 is 1.67 bits per heavy atom. The number of hydrogen-bond acceptors (Lipinski definition) is 8. The minimum Gasteiger partial charge on any atom is -0.480 e. The highest BCUT2D eigenvalue weighted by atomic mass is 19.4. The zero-order valence-corrected chi connectivity index (χ0v) is 27.5. The molecule has 0 radical (unpaired) electrons. The Morgan fingerprint density at radius 3 is 2.39 bits per heavy atom. The number of aliphatic carboxylic acids is 1. The van der Waals surface area contributed by atoms with Gasteiger partial charge < -0.3 is 29.4 Å². The van der Waals surface area contributed by atoms with Gasteiger partial charge in [0.1, 0.15) is 17.9 Å². The molecule has 2 saturated heterocycles. The molecule has 2 atom stereocenters. The second-order valence-electron chi connectivity index (χ2n) is 12.4. The van der Waals surface area contributed by atoms with Crippen molar-refractivity contribution in [2.75, 3.05) is 51.0 Å². The number of carbonyl (C=O) groups excluding carboxylic acids is 1. The Bertz CT molecular complexity index is 2080. The molecule has 2 fully saturated rings. The van der Waals surface area contributed by atoms with E-state index in [-0.39, 0.29) is 43.1 Å². The number of rotatable bonds is 9. The topological polar surface area (TPSA) is 135 Å². The smallest absolute Gasteiger partial charge is 0.411 e. The summed E-state index contributed by atoms with van der Waals surface area (Å²) < 4.78 is 70.5. The summed E-state index contributed by atoms with van der Waals surface area (Å²) >= 11 is 0. The monoisotopic (exact) mass is 713 g/mol. The molecule has 0 unspecified atom stereocenters. The lowest BCUT2D eigenvalue weighted by atomic mass is 9.97. The molecule has 4 aromatic rings. The van der Waals surface area contributed by atoms with E-state index in [0.29, 0.717) is 42.6 Å². The van der Waals surface area contributed by atoms with Crippen molar-refractivity contribution in [3.63, 3.8) is 0 Å².